The van der Waals surface area contributed by atoms with Crippen molar-refractivity contribution in [3.63, 3.8) is 0 Å². The largest absolute Gasteiger partial charge is 0.353 e. The van der Waals surface area contributed by atoms with Crippen LogP contribution in [-0.4, -0.2) is 46.1 Å². The predicted octanol–water partition coefficient (Wildman–Crippen LogP) is 1.70. The zero-order valence-electron chi connectivity index (χ0n) is 13.5. The van der Waals surface area contributed by atoms with Gasteiger partial charge in [0, 0.05) is 49.9 Å². The molecule has 0 radical (unpaired) electrons. The molecule has 9 heteroatoms. The Hall–Kier alpha value is -2.58. The Balaban J connectivity index is 1.46. The molecule has 3 heterocycles. The van der Waals surface area contributed by atoms with E-state index >= 15 is 0 Å². The number of hydrogen-bond acceptors (Lipinski definition) is 6. The van der Waals surface area contributed by atoms with Gasteiger partial charge in [0.25, 0.3) is 12.0 Å². The molecule has 2 aliphatic rings. The second-order valence-corrected chi connectivity index (χ2v) is 6.34. The fraction of sp³-hybridized carbons (Fsp3) is 0.500. The second kappa shape index (κ2) is 6.38. The molecule has 1 saturated heterocycles. The summed E-state index contributed by atoms with van der Waals surface area (Å²) >= 11 is 0. The lowest BCUT2D eigenvalue weighted by molar-refractivity contribution is 0.146. The SMILES string of the molecule is O=c1cc(C(F)F)nc(N2CCN(c3cc(C4CC4)ncn3)CC2)[nH]1. The van der Waals surface area contributed by atoms with E-state index in [1.54, 1.807) is 6.33 Å². The number of halogens is 2. The fourth-order valence-corrected chi connectivity index (χ4v) is 3.01. The zero-order valence-corrected chi connectivity index (χ0v) is 13.5. The van der Waals surface area contributed by atoms with Gasteiger partial charge in [-0.25, -0.2) is 23.7 Å². The lowest BCUT2D eigenvalue weighted by Gasteiger charge is -2.35. The van der Waals surface area contributed by atoms with Crippen molar-refractivity contribution in [3.05, 3.63) is 40.2 Å². The first-order valence-corrected chi connectivity index (χ1v) is 8.31. The third kappa shape index (κ3) is 3.45. The number of anilines is 2. The van der Waals surface area contributed by atoms with Crippen molar-refractivity contribution < 1.29 is 8.78 Å². The predicted molar refractivity (Wildman–Crippen MR) is 88.2 cm³/mol. The summed E-state index contributed by atoms with van der Waals surface area (Å²) in [6.45, 7) is 2.48. The van der Waals surface area contributed by atoms with Gasteiger partial charge in [0.2, 0.25) is 5.95 Å². The van der Waals surface area contributed by atoms with Crippen LogP contribution in [0.4, 0.5) is 20.5 Å². The molecule has 0 unspecified atom stereocenters. The molecule has 0 aromatic carbocycles. The molecule has 2 aromatic heterocycles. The molecular weight excluding hydrogens is 330 g/mol. The minimum Gasteiger partial charge on any atom is -0.353 e. The Morgan fingerprint density at radius 2 is 1.80 bits per heavy atom. The quantitative estimate of drug-likeness (QED) is 0.906. The Morgan fingerprint density at radius 3 is 2.48 bits per heavy atom. The maximum atomic E-state index is 12.8. The van der Waals surface area contributed by atoms with Crippen LogP contribution in [0.3, 0.4) is 0 Å². The van der Waals surface area contributed by atoms with Gasteiger partial charge in [-0.1, -0.05) is 0 Å². The summed E-state index contributed by atoms with van der Waals surface area (Å²) in [5.74, 6) is 1.65. The highest BCUT2D eigenvalue weighted by Gasteiger charge is 2.27. The Bertz CT molecular complexity index is 814. The molecule has 1 N–H and O–H groups in total. The highest BCUT2D eigenvalue weighted by molar-refractivity contribution is 5.43. The van der Waals surface area contributed by atoms with Crippen LogP contribution in [-0.2, 0) is 0 Å². The number of hydrogen-bond donors (Lipinski definition) is 1. The first kappa shape index (κ1) is 15.9. The summed E-state index contributed by atoms with van der Waals surface area (Å²) < 4.78 is 25.7. The van der Waals surface area contributed by atoms with Crippen molar-refractivity contribution >= 4 is 11.8 Å². The lowest BCUT2D eigenvalue weighted by atomic mass is 10.2. The number of piperazine rings is 1. The average molecular weight is 348 g/mol. The topological polar surface area (TPSA) is 78.0 Å². The molecular formula is C16H18F2N6O. The van der Waals surface area contributed by atoms with Crippen molar-refractivity contribution in [2.45, 2.75) is 25.2 Å². The lowest BCUT2D eigenvalue weighted by Crippen LogP contribution is -2.47. The molecule has 25 heavy (non-hydrogen) atoms. The molecule has 4 rings (SSSR count). The summed E-state index contributed by atoms with van der Waals surface area (Å²) in [5.41, 5.74) is 0.0294. The molecule has 0 amide bonds. The maximum Gasteiger partial charge on any atom is 0.280 e. The summed E-state index contributed by atoms with van der Waals surface area (Å²) in [7, 11) is 0. The van der Waals surface area contributed by atoms with Crippen molar-refractivity contribution in [2.24, 2.45) is 0 Å². The molecule has 132 valence electrons. The number of H-pyrrole nitrogens is 1. The van der Waals surface area contributed by atoms with Gasteiger partial charge in [0.1, 0.15) is 17.8 Å². The molecule has 7 nitrogen and oxygen atoms in total. The van der Waals surface area contributed by atoms with Crippen LogP contribution in [0.2, 0.25) is 0 Å². The highest BCUT2D eigenvalue weighted by atomic mass is 19.3. The third-order valence-corrected chi connectivity index (χ3v) is 4.55. The molecule has 1 aliphatic heterocycles. The van der Waals surface area contributed by atoms with Crippen LogP contribution >= 0.6 is 0 Å². The van der Waals surface area contributed by atoms with E-state index in [1.807, 2.05) is 11.0 Å². The second-order valence-electron chi connectivity index (χ2n) is 6.34. The Kier molecular flexibility index (Phi) is 4.06. The van der Waals surface area contributed by atoms with E-state index in [4.69, 9.17) is 0 Å². The van der Waals surface area contributed by atoms with Gasteiger partial charge in [-0.05, 0) is 12.8 Å². The van der Waals surface area contributed by atoms with E-state index in [9.17, 15) is 13.6 Å². The third-order valence-electron chi connectivity index (χ3n) is 4.55. The van der Waals surface area contributed by atoms with E-state index in [0.717, 1.165) is 17.6 Å². The molecule has 0 atom stereocenters. The standard InChI is InChI=1S/C16H18F2N6O/c17-15(18)12-8-14(25)22-16(21-12)24-5-3-23(4-6-24)13-7-11(10-1-2-10)19-9-20-13/h7-10,15H,1-6H2,(H,21,22,25). The molecule has 2 aromatic rings. The van der Waals surface area contributed by atoms with Gasteiger partial charge < -0.3 is 9.80 Å². The number of rotatable bonds is 4. The van der Waals surface area contributed by atoms with Crippen LogP contribution in [0, 0.1) is 0 Å². The van der Waals surface area contributed by atoms with Gasteiger partial charge >= 0.3 is 0 Å². The normalized spacial score (nSPS) is 18.0. The molecule has 0 bridgehead atoms. The van der Waals surface area contributed by atoms with Crippen molar-refractivity contribution in [2.75, 3.05) is 36.0 Å². The number of aromatic nitrogens is 4. The van der Waals surface area contributed by atoms with Crippen molar-refractivity contribution in [3.8, 4) is 0 Å². The van der Waals surface area contributed by atoms with Crippen LogP contribution < -0.4 is 15.4 Å². The molecule has 1 saturated carbocycles. The fourth-order valence-electron chi connectivity index (χ4n) is 3.01. The highest BCUT2D eigenvalue weighted by Crippen LogP contribution is 2.39. The molecule has 2 fully saturated rings. The summed E-state index contributed by atoms with van der Waals surface area (Å²) in [6.07, 6.45) is 1.21. The van der Waals surface area contributed by atoms with Gasteiger partial charge in [-0.3, -0.25) is 9.78 Å². The van der Waals surface area contributed by atoms with Crippen molar-refractivity contribution in [1.29, 1.82) is 0 Å². The monoisotopic (exact) mass is 348 g/mol. The summed E-state index contributed by atoms with van der Waals surface area (Å²) in [6, 6.07) is 2.87. The molecule has 0 spiro atoms. The van der Waals surface area contributed by atoms with E-state index in [-0.39, 0.29) is 5.95 Å². The van der Waals surface area contributed by atoms with Gasteiger partial charge in [-0.15, -0.1) is 0 Å². The minimum absolute atomic E-state index is 0.198. The van der Waals surface area contributed by atoms with E-state index in [1.165, 1.54) is 12.8 Å². The number of nitrogens with one attached hydrogen (secondary N) is 1. The smallest absolute Gasteiger partial charge is 0.280 e. The number of nitrogens with zero attached hydrogens (tertiary/aromatic N) is 5. The van der Waals surface area contributed by atoms with Crippen LogP contribution in [0.5, 0.6) is 0 Å². The number of alkyl halides is 2. The number of aromatic amines is 1. The van der Waals surface area contributed by atoms with Gasteiger partial charge in [-0.2, -0.15) is 0 Å². The maximum absolute atomic E-state index is 12.8. The average Bonchev–Trinajstić information content (AvgIpc) is 3.47. The van der Waals surface area contributed by atoms with Crippen molar-refractivity contribution in [1.82, 2.24) is 19.9 Å². The first-order chi connectivity index (χ1) is 12.1. The van der Waals surface area contributed by atoms with Gasteiger partial charge in [0.15, 0.2) is 0 Å². The minimum atomic E-state index is -2.76. The van der Waals surface area contributed by atoms with E-state index in [2.05, 4.69) is 24.8 Å². The van der Waals surface area contributed by atoms with Gasteiger partial charge in [0.05, 0.1) is 0 Å². The summed E-state index contributed by atoms with van der Waals surface area (Å²) in [5, 5.41) is 0. The van der Waals surface area contributed by atoms with E-state index in [0.29, 0.717) is 32.1 Å². The van der Waals surface area contributed by atoms with E-state index < -0.39 is 17.7 Å². The Labute approximate surface area is 142 Å². The first-order valence-electron chi connectivity index (χ1n) is 8.31. The Morgan fingerprint density at radius 1 is 1.08 bits per heavy atom. The summed E-state index contributed by atoms with van der Waals surface area (Å²) in [4.78, 5) is 30.6. The van der Waals surface area contributed by atoms with Crippen LogP contribution in [0.1, 0.15) is 36.6 Å². The van der Waals surface area contributed by atoms with Crippen LogP contribution in [0.15, 0.2) is 23.3 Å². The van der Waals surface area contributed by atoms with Crippen LogP contribution in [0.25, 0.3) is 0 Å². The zero-order chi connectivity index (χ0) is 17.4. The molecule has 1 aliphatic carbocycles.